The van der Waals surface area contributed by atoms with Crippen molar-refractivity contribution in [2.45, 2.75) is 169 Å². The van der Waals surface area contributed by atoms with Gasteiger partial charge in [0.1, 0.15) is 31.5 Å². The quantitative estimate of drug-likeness (QED) is 0.0406. The molecule has 9 amide bonds. The van der Waals surface area contributed by atoms with Gasteiger partial charge in [-0.25, -0.2) is 54.0 Å². The van der Waals surface area contributed by atoms with Gasteiger partial charge in [-0.3, -0.25) is 0 Å². The Bertz CT molecular complexity index is 4510. The number of hydrogen-bond donors (Lipinski definition) is 9. The summed E-state index contributed by atoms with van der Waals surface area (Å²) in [6.07, 6.45) is 0.289. The second kappa shape index (κ2) is 35.3. The molecule has 0 radical (unpaired) electrons. The highest BCUT2D eigenvalue weighted by molar-refractivity contribution is 7.93. The number of sulfone groups is 3. The van der Waals surface area contributed by atoms with Gasteiger partial charge in [0, 0.05) is 45.0 Å². The minimum absolute atomic E-state index is 0.0994. The van der Waals surface area contributed by atoms with Gasteiger partial charge in [0.25, 0.3) is 0 Å². The van der Waals surface area contributed by atoms with E-state index in [1.54, 1.807) is 124 Å². The highest BCUT2D eigenvalue weighted by atomic mass is 35.5. The number of rotatable bonds is 12. The summed E-state index contributed by atoms with van der Waals surface area (Å²) in [6.45, 7) is 21.8. The topological polar surface area (TPSA) is 375 Å². The summed E-state index contributed by atoms with van der Waals surface area (Å²) in [5.41, 5.74) is 1.29. The SMILES string of the molecule is CC(C)(C)OC(=O)N1CCC[C@H](S(=O)(=O)c2c(Cl)ccc(NC(=O)Nc3ccccc3Cl)c2O)C1.Cc1cccc(NC(=O)Nc2ccc(Cl)c(S(=O)(=O)[C@H]3CCCN(C(=O)OC(C)(C)C)C3)c2O)c1C.Cc1cccc(NC(=O)Nc2ccc(Cl)c(S(=O)(=O)[C@H]3CCCN(C(=O)OC(C)(C)C)C3)c2O)c1Cl. The van der Waals surface area contributed by atoms with Crippen molar-refractivity contribution in [1.82, 2.24) is 14.7 Å². The number of amides is 9. The molecule has 0 saturated carbocycles. The highest BCUT2D eigenvalue weighted by Crippen LogP contribution is 2.44. The van der Waals surface area contributed by atoms with Crippen LogP contribution in [0.3, 0.4) is 0 Å². The van der Waals surface area contributed by atoms with Crippen molar-refractivity contribution in [1.29, 1.82) is 0 Å². The maximum absolute atomic E-state index is 13.5. The van der Waals surface area contributed by atoms with E-state index in [0.29, 0.717) is 66.0 Å². The number of para-hydroxylation sites is 1. The smallest absolute Gasteiger partial charge is 0.410 e. The highest BCUT2D eigenvalue weighted by Gasteiger charge is 2.42. The number of carbonyl (C=O) groups is 6. The van der Waals surface area contributed by atoms with E-state index < -0.39 is 130 Å². The molecule has 3 heterocycles. The summed E-state index contributed by atoms with van der Waals surface area (Å²) < 4.78 is 97.2. The largest absolute Gasteiger partial charge is 0.504 e. The maximum atomic E-state index is 13.5. The number of urea groups is 3. The molecule has 0 unspecified atom stereocenters. The van der Waals surface area contributed by atoms with Gasteiger partial charge in [0.15, 0.2) is 46.8 Å². The number of nitrogens with zero attached hydrogens (tertiary/aromatic N) is 3. The van der Waals surface area contributed by atoms with Crippen molar-refractivity contribution in [3.63, 3.8) is 0 Å². The van der Waals surface area contributed by atoms with E-state index in [-0.39, 0.29) is 71.0 Å². The Morgan fingerprint density at radius 3 is 1.01 bits per heavy atom. The lowest BCUT2D eigenvalue weighted by molar-refractivity contribution is 0.0208. The van der Waals surface area contributed by atoms with Crippen LogP contribution in [0.25, 0.3) is 0 Å². The van der Waals surface area contributed by atoms with E-state index >= 15 is 0 Å². The van der Waals surface area contributed by atoms with Gasteiger partial charge in [-0.05, 0) is 199 Å². The van der Waals surface area contributed by atoms with Crippen LogP contribution in [0.5, 0.6) is 17.2 Å². The number of halogens is 5. The number of benzene rings is 6. The summed E-state index contributed by atoms with van der Waals surface area (Å²) in [4.78, 5) is 77.6. The standard InChI is InChI=1S/C25H32ClN3O6S.C24H29Cl2N3O6S.C23H27Cl2N3O6S/c1-15-8-6-10-19(16(15)2)27-23(31)28-20-12-11-18(26)22(21(20)30)36(33,34)17-9-7-13-29(14-17)24(32)35-25(3,4)5;1-14-7-5-9-17(19(14)26)27-22(31)28-18-11-10-16(25)21(20(18)30)36(33,34)15-8-6-12-29(13-15)23(32)35-24(2,3)4;1-23(2,3)34-22(31)28-12-6-7-14(13-28)35(32,33)20-16(25)10-11-18(19(20)29)27-21(30)26-17-9-5-4-8-15(17)24/h6,8,10-12,17,30H,7,9,13-14H2,1-5H3,(H2,27,28,31);5,7,9-11,15,30H,6,8,12-13H2,1-4H3,(H2,27,28,31);4-5,8-11,14,29H,6-7,12-13H2,1-3H3,(H2,26,27,30)/t17-;15-;14-/m000/s1. The number of ether oxygens (including phenoxy) is 3. The molecule has 3 fully saturated rings. The summed E-state index contributed by atoms with van der Waals surface area (Å²) in [5.74, 6) is -2.04. The van der Waals surface area contributed by atoms with Gasteiger partial charge < -0.3 is 76.1 Å². The summed E-state index contributed by atoms with van der Waals surface area (Å²) in [5, 5.41) is 44.7. The van der Waals surface area contributed by atoms with Gasteiger partial charge in [-0.1, -0.05) is 94.4 Å². The molecule has 9 rings (SSSR count). The molecule has 0 aromatic heterocycles. The first-order valence-corrected chi connectivity index (χ1v) is 40.2. The fourth-order valence-corrected chi connectivity index (χ4v) is 18.8. The lowest BCUT2D eigenvalue weighted by Gasteiger charge is -2.34. The second-order valence-electron chi connectivity index (χ2n) is 28.4. The monoisotopic (exact) mass is 1640 g/mol. The lowest BCUT2D eigenvalue weighted by atomic mass is 10.1. The molecule has 582 valence electrons. The molecule has 0 bridgehead atoms. The molecule has 0 spiro atoms. The first-order valence-electron chi connectivity index (χ1n) is 33.7. The Labute approximate surface area is 648 Å². The lowest BCUT2D eigenvalue weighted by Crippen LogP contribution is -2.47. The molecular weight excluding hydrogens is 1550 g/mol. The number of phenolic OH excluding ortho intramolecular Hbond substituents is 3. The molecule has 0 aliphatic carbocycles. The molecule has 35 heteroatoms. The van der Waals surface area contributed by atoms with Crippen molar-refractivity contribution < 1.29 is 83.6 Å². The average Bonchev–Trinajstić information content (AvgIpc) is 0.777. The zero-order chi connectivity index (χ0) is 79.6. The minimum atomic E-state index is -4.19. The number of phenols is 3. The predicted octanol–water partition coefficient (Wildman–Crippen LogP) is 16.8. The van der Waals surface area contributed by atoms with Crippen LogP contribution in [-0.4, -0.2) is 163 Å². The molecule has 3 atom stereocenters. The third-order valence-electron chi connectivity index (χ3n) is 16.7. The van der Waals surface area contributed by atoms with Crippen LogP contribution in [0.15, 0.2) is 112 Å². The van der Waals surface area contributed by atoms with Gasteiger partial charge in [0.2, 0.25) is 0 Å². The van der Waals surface area contributed by atoms with Crippen LogP contribution in [0.4, 0.5) is 62.9 Å². The summed E-state index contributed by atoms with van der Waals surface area (Å²) in [7, 11) is -12.5. The van der Waals surface area contributed by atoms with Crippen LogP contribution < -0.4 is 31.9 Å². The van der Waals surface area contributed by atoms with E-state index in [4.69, 9.17) is 72.2 Å². The van der Waals surface area contributed by atoms with Crippen LogP contribution in [0.1, 0.15) is 118 Å². The fourth-order valence-electron chi connectivity index (χ4n) is 11.3. The van der Waals surface area contributed by atoms with Gasteiger partial charge in [-0.2, -0.15) is 0 Å². The Balaban J connectivity index is 0.000000224. The van der Waals surface area contributed by atoms with Crippen molar-refractivity contribution in [3.05, 3.63) is 139 Å². The molecule has 107 heavy (non-hydrogen) atoms. The van der Waals surface area contributed by atoms with E-state index in [9.17, 15) is 69.3 Å². The first kappa shape index (κ1) is 85.9. The number of piperidine rings is 3. The molecule has 3 aliphatic rings. The third-order valence-corrected chi connectivity index (χ3v) is 25.5. The molecule has 27 nitrogen and oxygen atoms in total. The normalized spacial score (nSPS) is 16.4. The van der Waals surface area contributed by atoms with E-state index in [1.807, 2.05) is 19.9 Å². The van der Waals surface area contributed by atoms with Gasteiger partial charge >= 0.3 is 36.4 Å². The molecule has 3 saturated heterocycles. The third kappa shape index (κ3) is 22.6. The van der Waals surface area contributed by atoms with Crippen molar-refractivity contribution >= 4 is 158 Å². The van der Waals surface area contributed by atoms with E-state index in [2.05, 4.69) is 31.9 Å². The maximum Gasteiger partial charge on any atom is 0.410 e. The molecule has 6 aromatic carbocycles. The van der Waals surface area contributed by atoms with E-state index in [0.717, 1.165) is 16.7 Å². The van der Waals surface area contributed by atoms with E-state index in [1.165, 1.54) is 51.1 Å². The minimum Gasteiger partial charge on any atom is -0.504 e. The predicted molar refractivity (Wildman–Crippen MR) is 415 cm³/mol. The van der Waals surface area contributed by atoms with Crippen LogP contribution >= 0.6 is 58.0 Å². The molecular formula is C72H88Cl5N9O18S3. The van der Waals surface area contributed by atoms with Crippen molar-refractivity contribution in [3.8, 4) is 17.2 Å². The Kier molecular flexibility index (Phi) is 28.4. The van der Waals surface area contributed by atoms with Crippen molar-refractivity contribution in [2.75, 3.05) is 71.2 Å². The molecule has 9 N–H and O–H groups in total. The fraction of sp³-hybridized carbons (Fsp3) is 0.417. The Hall–Kier alpha value is -8.36. The first-order chi connectivity index (χ1) is 49.7. The van der Waals surface area contributed by atoms with Crippen molar-refractivity contribution in [2.24, 2.45) is 0 Å². The zero-order valence-corrected chi connectivity index (χ0v) is 67.1. The molecule has 6 aromatic rings. The zero-order valence-electron chi connectivity index (χ0n) is 60.9. The van der Waals surface area contributed by atoms with Crippen LogP contribution in [0.2, 0.25) is 25.1 Å². The number of aryl methyl sites for hydroxylation is 2. The Morgan fingerprint density at radius 1 is 0.383 bits per heavy atom. The molecule has 3 aliphatic heterocycles. The van der Waals surface area contributed by atoms with Gasteiger partial charge in [0.05, 0.1) is 69.3 Å². The summed E-state index contributed by atoms with van der Waals surface area (Å²) in [6, 6.07) is 22.7. The average molecular weight is 1640 g/mol. The van der Waals surface area contributed by atoms with Crippen LogP contribution in [-0.2, 0) is 43.7 Å². The Morgan fingerprint density at radius 2 is 0.673 bits per heavy atom. The van der Waals surface area contributed by atoms with Gasteiger partial charge in [-0.15, -0.1) is 0 Å². The number of hydrogen-bond acceptors (Lipinski definition) is 18. The number of carbonyl (C=O) groups excluding carboxylic acids is 6. The number of anilines is 6. The van der Waals surface area contributed by atoms with Crippen LogP contribution in [0, 0.1) is 20.8 Å². The number of nitrogens with one attached hydrogen (secondary N) is 6. The summed E-state index contributed by atoms with van der Waals surface area (Å²) >= 11 is 30.9. The number of likely N-dealkylation sites (tertiary alicyclic amines) is 3. The second-order valence-corrected chi connectivity index (χ2v) is 36.9. The number of aromatic hydroxyl groups is 3.